The predicted octanol–water partition coefficient (Wildman–Crippen LogP) is 0.764. The molecule has 34 heavy (non-hydrogen) atoms. The number of unbranched alkanes of at least 4 members (excludes halogenated alkanes) is 8. The standard InChI is InChI=1S/C23H42O11/c1-2-3-4-5-6-7-8-9-10-11-31-22-20(30)18(28)21(15(13-25)33-22)34-23-19(29)17(27)16(26)14(12-24)32-23/h14-16,18,20-30H,2-13H2,1H3/t14-,15-,16-,18-,20-,21-,22-,23-/m1/s1. The Kier molecular flexibility index (Phi) is 13.0. The van der Waals surface area contributed by atoms with Crippen molar-refractivity contribution in [2.45, 2.75) is 114 Å². The van der Waals surface area contributed by atoms with Gasteiger partial charge in [-0.1, -0.05) is 58.3 Å². The van der Waals surface area contributed by atoms with Gasteiger partial charge in [-0.25, -0.2) is 0 Å². The number of hydrogen-bond acceptors (Lipinski definition) is 11. The SMILES string of the molecule is CCCCCCCCCCCO[C@@H]1O[C@H](CO)[C@@H](O[C@H]2O[C@H](CO)[C@@H](O)C(O)=C2O)[C@H](O)[C@H]1O. The molecule has 0 aromatic heterocycles. The molecule has 2 aliphatic heterocycles. The third-order valence-electron chi connectivity index (χ3n) is 6.23. The van der Waals surface area contributed by atoms with Crippen molar-refractivity contribution in [1.82, 2.24) is 0 Å². The maximum atomic E-state index is 10.6. The maximum absolute atomic E-state index is 10.6. The van der Waals surface area contributed by atoms with Crippen molar-refractivity contribution in [2.24, 2.45) is 0 Å². The molecule has 0 bridgehead atoms. The molecule has 0 unspecified atom stereocenters. The monoisotopic (exact) mass is 494 g/mol. The molecule has 0 saturated carbocycles. The van der Waals surface area contributed by atoms with Crippen LogP contribution in [-0.2, 0) is 18.9 Å². The lowest BCUT2D eigenvalue weighted by Crippen LogP contribution is -2.61. The third kappa shape index (κ3) is 8.00. The average Bonchev–Trinajstić information content (AvgIpc) is 2.84. The summed E-state index contributed by atoms with van der Waals surface area (Å²) in [5, 5.41) is 69.7. The van der Waals surface area contributed by atoms with Gasteiger partial charge in [-0.3, -0.25) is 0 Å². The summed E-state index contributed by atoms with van der Waals surface area (Å²) in [4.78, 5) is 0. The molecule has 11 nitrogen and oxygen atoms in total. The Morgan fingerprint density at radius 3 is 1.91 bits per heavy atom. The van der Waals surface area contributed by atoms with E-state index in [1.165, 1.54) is 38.5 Å². The predicted molar refractivity (Wildman–Crippen MR) is 120 cm³/mol. The van der Waals surface area contributed by atoms with Crippen molar-refractivity contribution in [3.63, 3.8) is 0 Å². The van der Waals surface area contributed by atoms with Crippen LogP contribution in [0.1, 0.15) is 64.7 Å². The highest BCUT2D eigenvalue weighted by atomic mass is 16.7. The molecule has 0 spiro atoms. The van der Waals surface area contributed by atoms with Gasteiger partial charge < -0.3 is 54.7 Å². The second-order valence-electron chi connectivity index (χ2n) is 8.91. The minimum Gasteiger partial charge on any atom is -0.506 e. The molecule has 1 fully saturated rings. The zero-order valence-electron chi connectivity index (χ0n) is 19.9. The highest BCUT2D eigenvalue weighted by Gasteiger charge is 2.48. The molecule has 2 aliphatic rings. The Morgan fingerprint density at radius 2 is 1.32 bits per heavy atom. The summed E-state index contributed by atoms with van der Waals surface area (Å²) in [5.74, 6) is -1.69. The first-order valence-electron chi connectivity index (χ1n) is 12.3. The fraction of sp³-hybridized carbons (Fsp3) is 0.913. The van der Waals surface area contributed by atoms with Crippen LogP contribution in [0.25, 0.3) is 0 Å². The lowest BCUT2D eigenvalue weighted by atomic mass is 9.98. The quantitative estimate of drug-likeness (QED) is 0.160. The molecule has 11 heteroatoms. The summed E-state index contributed by atoms with van der Waals surface area (Å²) >= 11 is 0. The van der Waals surface area contributed by atoms with E-state index in [9.17, 15) is 35.7 Å². The van der Waals surface area contributed by atoms with E-state index in [1.807, 2.05) is 0 Å². The van der Waals surface area contributed by atoms with Crippen LogP contribution in [0, 0.1) is 0 Å². The highest BCUT2D eigenvalue weighted by Crippen LogP contribution is 2.30. The molecule has 2 heterocycles. The van der Waals surface area contributed by atoms with Crippen LogP contribution in [0.15, 0.2) is 11.5 Å². The van der Waals surface area contributed by atoms with E-state index in [0.717, 1.165) is 19.3 Å². The van der Waals surface area contributed by atoms with Crippen LogP contribution < -0.4 is 0 Å². The normalized spacial score (nSPS) is 34.5. The van der Waals surface area contributed by atoms with Gasteiger partial charge in [0.15, 0.2) is 17.8 Å². The van der Waals surface area contributed by atoms with Gasteiger partial charge in [-0.2, -0.15) is 0 Å². The first-order valence-corrected chi connectivity index (χ1v) is 12.3. The van der Waals surface area contributed by atoms with Gasteiger partial charge in [0.25, 0.3) is 0 Å². The largest absolute Gasteiger partial charge is 0.506 e. The number of aliphatic hydroxyl groups excluding tert-OH is 7. The lowest BCUT2D eigenvalue weighted by Gasteiger charge is -2.43. The second-order valence-corrected chi connectivity index (χ2v) is 8.91. The van der Waals surface area contributed by atoms with E-state index in [-0.39, 0.29) is 0 Å². The van der Waals surface area contributed by atoms with E-state index in [4.69, 9.17) is 18.9 Å². The Labute approximate surface area is 200 Å². The first kappa shape index (κ1) is 29.2. The molecule has 7 N–H and O–H groups in total. The van der Waals surface area contributed by atoms with Crippen molar-refractivity contribution < 1.29 is 54.7 Å². The van der Waals surface area contributed by atoms with Crippen molar-refractivity contribution in [1.29, 1.82) is 0 Å². The molecule has 8 atom stereocenters. The summed E-state index contributed by atoms with van der Waals surface area (Å²) in [6.45, 7) is 1.23. The summed E-state index contributed by atoms with van der Waals surface area (Å²) < 4.78 is 21.9. The molecule has 0 aromatic rings. The van der Waals surface area contributed by atoms with E-state index >= 15 is 0 Å². The molecule has 2 rings (SSSR count). The number of hydrogen-bond donors (Lipinski definition) is 7. The minimum atomic E-state index is -1.66. The molecule has 0 amide bonds. The average molecular weight is 495 g/mol. The minimum absolute atomic E-state index is 0.313. The fourth-order valence-corrected chi connectivity index (χ4v) is 4.10. The summed E-state index contributed by atoms with van der Waals surface area (Å²) in [5.41, 5.74) is 0. The zero-order chi connectivity index (χ0) is 25.1. The molecule has 0 radical (unpaired) electrons. The Balaban J connectivity index is 1.80. The smallest absolute Gasteiger partial charge is 0.220 e. The lowest BCUT2D eigenvalue weighted by molar-refractivity contribution is -0.332. The molecule has 0 aromatic carbocycles. The summed E-state index contributed by atoms with van der Waals surface area (Å²) in [6.07, 6.45) is -1.08. The Bertz CT molecular complexity index is 599. The Hall–Kier alpha value is -1.02. The maximum Gasteiger partial charge on any atom is 0.220 e. The van der Waals surface area contributed by atoms with Crippen LogP contribution in [-0.4, -0.2) is 105 Å². The highest BCUT2D eigenvalue weighted by molar-refractivity contribution is 5.12. The van der Waals surface area contributed by atoms with Crippen LogP contribution in [0.4, 0.5) is 0 Å². The van der Waals surface area contributed by atoms with E-state index < -0.39 is 73.9 Å². The van der Waals surface area contributed by atoms with E-state index in [0.29, 0.717) is 6.61 Å². The van der Waals surface area contributed by atoms with Crippen LogP contribution in [0.2, 0.25) is 0 Å². The Morgan fingerprint density at radius 1 is 0.735 bits per heavy atom. The zero-order valence-corrected chi connectivity index (χ0v) is 19.9. The van der Waals surface area contributed by atoms with Crippen LogP contribution in [0.3, 0.4) is 0 Å². The van der Waals surface area contributed by atoms with Gasteiger partial charge in [-0.15, -0.1) is 0 Å². The van der Waals surface area contributed by atoms with Gasteiger partial charge in [0.05, 0.1) is 13.2 Å². The van der Waals surface area contributed by atoms with Crippen molar-refractivity contribution in [3.8, 4) is 0 Å². The number of rotatable bonds is 15. The van der Waals surface area contributed by atoms with Crippen LogP contribution >= 0.6 is 0 Å². The topological polar surface area (TPSA) is 179 Å². The van der Waals surface area contributed by atoms with Crippen molar-refractivity contribution >= 4 is 0 Å². The third-order valence-corrected chi connectivity index (χ3v) is 6.23. The van der Waals surface area contributed by atoms with Gasteiger partial charge in [0, 0.05) is 6.61 Å². The molecular formula is C23H42O11. The fourth-order valence-electron chi connectivity index (χ4n) is 4.10. The molecular weight excluding hydrogens is 452 g/mol. The summed E-state index contributed by atoms with van der Waals surface area (Å²) in [7, 11) is 0. The van der Waals surface area contributed by atoms with Gasteiger partial charge in [-0.05, 0) is 6.42 Å². The van der Waals surface area contributed by atoms with Gasteiger partial charge in [0.2, 0.25) is 6.29 Å². The second kappa shape index (κ2) is 15.2. The van der Waals surface area contributed by atoms with Crippen molar-refractivity contribution in [3.05, 3.63) is 11.5 Å². The summed E-state index contributed by atoms with van der Waals surface area (Å²) in [6, 6.07) is 0. The van der Waals surface area contributed by atoms with E-state index in [1.54, 1.807) is 0 Å². The molecule has 1 saturated heterocycles. The van der Waals surface area contributed by atoms with Crippen LogP contribution in [0.5, 0.6) is 0 Å². The first-order chi connectivity index (χ1) is 16.3. The number of aliphatic hydroxyl groups is 7. The van der Waals surface area contributed by atoms with Crippen molar-refractivity contribution in [2.75, 3.05) is 19.8 Å². The van der Waals surface area contributed by atoms with Gasteiger partial charge >= 0.3 is 0 Å². The van der Waals surface area contributed by atoms with Gasteiger partial charge in [0.1, 0.15) is 36.6 Å². The molecule has 0 aliphatic carbocycles. The van der Waals surface area contributed by atoms with E-state index in [2.05, 4.69) is 6.92 Å². The number of ether oxygens (including phenoxy) is 4. The molecule has 200 valence electrons.